The van der Waals surface area contributed by atoms with Gasteiger partial charge in [0.2, 0.25) is 0 Å². The van der Waals surface area contributed by atoms with Crippen LogP contribution in [0.2, 0.25) is 5.02 Å². The highest BCUT2D eigenvalue weighted by atomic mass is 35.5. The average Bonchev–Trinajstić information content (AvgIpc) is 3.36. The van der Waals surface area contributed by atoms with Crippen molar-refractivity contribution >= 4 is 39.8 Å². The lowest BCUT2D eigenvalue weighted by Gasteiger charge is -2.06. The highest BCUT2D eigenvalue weighted by Crippen LogP contribution is 2.36. The molecule has 2 N–H and O–H groups in total. The van der Waals surface area contributed by atoms with Crippen molar-refractivity contribution in [2.45, 2.75) is 6.92 Å². The summed E-state index contributed by atoms with van der Waals surface area (Å²) in [5.74, 6) is -1.55. The number of carbonyl (C=O) groups excluding carboxylic acids is 1. The van der Waals surface area contributed by atoms with Crippen LogP contribution in [0.3, 0.4) is 0 Å². The third kappa shape index (κ3) is 3.85. The smallest absolute Gasteiger partial charge is 0.339 e. The predicted octanol–water partition coefficient (Wildman–Crippen LogP) is 5.51. The van der Waals surface area contributed by atoms with E-state index in [-0.39, 0.29) is 10.6 Å². The quantitative estimate of drug-likeness (QED) is 0.431. The van der Waals surface area contributed by atoms with Crippen LogP contribution in [0.25, 0.3) is 16.8 Å². The van der Waals surface area contributed by atoms with Crippen LogP contribution in [-0.2, 0) is 0 Å². The summed E-state index contributed by atoms with van der Waals surface area (Å²) < 4.78 is 1.62. The summed E-state index contributed by atoms with van der Waals surface area (Å²) in [7, 11) is 0. The van der Waals surface area contributed by atoms with Crippen molar-refractivity contribution in [2.24, 2.45) is 0 Å². The van der Waals surface area contributed by atoms with E-state index in [0.29, 0.717) is 21.7 Å². The van der Waals surface area contributed by atoms with Crippen LogP contribution < -0.4 is 5.32 Å². The van der Waals surface area contributed by atoms with Gasteiger partial charge in [-0.2, -0.15) is 5.10 Å². The number of thiophene rings is 1. The normalized spacial score (nSPS) is 10.7. The lowest BCUT2D eigenvalue weighted by atomic mass is 10.0. The standard InChI is InChI=1S/C22H16ClN3O3S/c1-13-4-2-3-5-18(13)26-11-15(10-24-26)20(27)25-21-19(22(28)29)17(12-30-21)14-6-8-16(23)9-7-14/h2-12H,1H3,(H,25,27)(H,28,29). The SMILES string of the molecule is Cc1ccccc1-n1cc(C(=O)Nc2scc(-c3ccc(Cl)cc3)c2C(=O)O)cn1. The van der Waals surface area contributed by atoms with Crippen LogP contribution in [0.15, 0.2) is 66.3 Å². The first-order chi connectivity index (χ1) is 14.4. The van der Waals surface area contributed by atoms with E-state index in [1.54, 1.807) is 40.5 Å². The van der Waals surface area contributed by atoms with Crippen molar-refractivity contribution in [3.63, 3.8) is 0 Å². The van der Waals surface area contributed by atoms with Gasteiger partial charge < -0.3 is 10.4 Å². The van der Waals surface area contributed by atoms with Crippen molar-refractivity contribution in [1.29, 1.82) is 0 Å². The maximum atomic E-state index is 12.7. The number of nitrogens with zero attached hydrogens (tertiary/aromatic N) is 2. The molecule has 0 fully saturated rings. The number of aryl methyl sites for hydroxylation is 1. The zero-order chi connectivity index (χ0) is 21.3. The number of carboxylic acids is 1. The van der Waals surface area contributed by atoms with Gasteiger partial charge in [-0.3, -0.25) is 4.79 Å². The summed E-state index contributed by atoms with van der Waals surface area (Å²) in [5.41, 5.74) is 3.49. The minimum Gasteiger partial charge on any atom is -0.478 e. The van der Waals surface area contributed by atoms with E-state index >= 15 is 0 Å². The Labute approximate surface area is 181 Å². The first-order valence-corrected chi connectivity index (χ1v) is 10.2. The number of nitrogens with one attached hydrogen (secondary N) is 1. The van der Waals surface area contributed by atoms with Gasteiger partial charge in [-0.05, 0) is 36.2 Å². The molecule has 30 heavy (non-hydrogen) atoms. The third-order valence-corrected chi connectivity index (χ3v) is 5.74. The van der Waals surface area contributed by atoms with Crippen LogP contribution >= 0.6 is 22.9 Å². The number of aromatic carboxylic acids is 1. The molecule has 2 aromatic heterocycles. The molecule has 0 bridgehead atoms. The van der Waals surface area contributed by atoms with Crippen LogP contribution in [-0.4, -0.2) is 26.8 Å². The van der Waals surface area contributed by atoms with E-state index < -0.39 is 11.9 Å². The number of anilines is 1. The molecule has 0 saturated heterocycles. The van der Waals surface area contributed by atoms with E-state index in [4.69, 9.17) is 11.6 Å². The molecule has 2 heterocycles. The maximum absolute atomic E-state index is 12.7. The number of carboxylic acid groups (broad SMARTS) is 1. The average molecular weight is 438 g/mol. The van der Waals surface area contributed by atoms with Gasteiger partial charge in [-0.25, -0.2) is 9.48 Å². The number of carbonyl (C=O) groups is 2. The molecular weight excluding hydrogens is 422 g/mol. The van der Waals surface area contributed by atoms with Gasteiger partial charge in [0.15, 0.2) is 0 Å². The van der Waals surface area contributed by atoms with E-state index in [1.807, 2.05) is 31.2 Å². The second-order valence-corrected chi connectivity index (χ2v) is 7.90. The first kappa shape index (κ1) is 19.9. The van der Waals surface area contributed by atoms with E-state index in [9.17, 15) is 14.7 Å². The van der Waals surface area contributed by atoms with Crippen LogP contribution in [0.1, 0.15) is 26.3 Å². The summed E-state index contributed by atoms with van der Waals surface area (Å²) in [6, 6.07) is 14.6. The minimum atomic E-state index is -1.12. The molecule has 0 atom stereocenters. The molecule has 4 rings (SSSR count). The molecular formula is C22H16ClN3O3S. The number of halogens is 1. The second kappa shape index (κ2) is 8.14. The van der Waals surface area contributed by atoms with Crippen LogP contribution in [0.5, 0.6) is 0 Å². The van der Waals surface area contributed by atoms with E-state index in [1.165, 1.54) is 6.20 Å². The molecule has 1 amide bonds. The summed E-state index contributed by atoms with van der Waals surface area (Å²) in [6.07, 6.45) is 3.07. The Morgan fingerprint density at radius 3 is 2.57 bits per heavy atom. The summed E-state index contributed by atoms with van der Waals surface area (Å²) >= 11 is 7.08. The lowest BCUT2D eigenvalue weighted by Crippen LogP contribution is -2.13. The van der Waals surface area contributed by atoms with Gasteiger partial charge in [0.25, 0.3) is 5.91 Å². The number of hydrogen-bond donors (Lipinski definition) is 2. The summed E-state index contributed by atoms with van der Waals surface area (Å²) in [5, 5.41) is 19.2. The van der Waals surface area contributed by atoms with Crippen molar-refractivity contribution in [3.8, 4) is 16.8 Å². The Morgan fingerprint density at radius 2 is 1.87 bits per heavy atom. The van der Waals surface area contributed by atoms with Gasteiger partial charge in [0.05, 0.1) is 17.4 Å². The number of benzene rings is 2. The Kier molecular flexibility index (Phi) is 5.39. The van der Waals surface area contributed by atoms with Gasteiger partial charge in [-0.1, -0.05) is 41.9 Å². The first-order valence-electron chi connectivity index (χ1n) is 8.97. The fraction of sp³-hybridized carbons (Fsp3) is 0.0455. The highest BCUT2D eigenvalue weighted by molar-refractivity contribution is 7.15. The van der Waals surface area contributed by atoms with Gasteiger partial charge >= 0.3 is 5.97 Å². The molecule has 4 aromatic rings. The fourth-order valence-corrected chi connectivity index (χ4v) is 4.15. The summed E-state index contributed by atoms with van der Waals surface area (Å²) in [4.78, 5) is 24.6. The van der Waals surface area contributed by atoms with Crippen molar-refractivity contribution in [3.05, 3.63) is 88.0 Å². The highest BCUT2D eigenvalue weighted by Gasteiger charge is 2.22. The van der Waals surface area contributed by atoms with Gasteiger partial charge in [0.1, 0.15) is 10.6 Å². The topological polar surface area (TPSA) is 84.2 Å². The number of hydrogen-bond acceptors (Lipinski definition) is 4. The Morgan fingerprint density at radius 1 is 1.13 bits per heavy atom. The Balaban J connectivity index is 1.62. The molecule has 8 heteroatoms. The molecule has 0 unspecified atom stereocenters. The maximum Gasteiger partial charge on any atom is 0.339 e. The molecule has 6 nitrogen and oxygen atoms in total. The van der Waals surface area contributed by atoms with E-state index in [2.05, 4.69) is 10.4 Å². The molecule has 0 radical (unpaired) electrons. The third-order valence-electron chi connectivity index (χ3n) is 4.59. The molecule has 0 aliphatic carbocycles. The Hall–Kier alpha value is -3.42. The predicted molar refractivity (Wildman–Crippen MR) is 118 cm³/mol. The fourth-order valence-electron chi connectivity index (χ4n) is 3.07. The zero-order valence-electron chi connectivity index (χ0n) is 15.8. The summed E-state index contributed by atoms with van der Waals surface area (Å²) in [6.45, 7) is 1.96. The largest absolute Gasteiger partial charge is 0.478 e. The number of rotatable bonds is 5. The number of amides is 1. The van der Waals surface area contributed by atoms with Gasteiger partial charge in [-0.15, -0.1) is 11.3 Å². The van der Waals surface area contributed by atoms with Crippen molar-refractivity contribution in [1.82, 2.24) is 9.78 Å². The number of aromatic nitrogens is 2. The number of para-hydroxylation sites is 1. The van der Waals surface area contributed by atoms with Gasteiger partial charge in [0, 0.05) is 22.2 Å². The van der Waals surface area contributed by atoms with Crippen molar-refractivity contribution in [2.75, 3.05) is 5.32 Å². The monoisotopic (exact) mass is 437 g/mol. The zero-order valence-corrected chi connectivity index (χ0v) is 17.4. The van der Waals surface area contributed by atoms with Crippen molar-refractivity contribution < 1.29 is 14.7 Å². The lowest BCUT2D eigenvalue weighted by molar-refractivity contribution is 0.0699. The van der Waals surface area contributed by atoms with Crippen LogP contribution in [0.4, 0.5) is 5.00 Å². The van der Waals surface area contributed by atoms with Crippen LogP contribution in [0, 0.1) is 6.92 Å². The molecule has 0 aliphatic heterocycles. The Bertz CT molecular complexity index is 1240. The molecule has 0 spiro atoms. The molecule has 0 aliphatic rings. The molecule has 150 valence electrons. The van der Waals surface area contributed by atoms with E-state index in [0.717, 1.165) is 22.6 Å². The molecule has 2 aromatic carbocycles. The second-order valence-electron chi connectivity index (χ2n) is 6.58. The minimum absolute atomic E-state index is 0.0435. The molecule has 0 saturated carbocycles.